The molecule has 0 bridgehead atoms. The summed E-state index contributed by atoms with van der Waals surface area (Å²) < 4.78 is 0. The Bertz CT molecular complexity index is 390. The number of amides is 2. The van der Waals surface area contributed by atoms with Crippen LogP contribution in [0.15, 0.2) is 18.2 Å². The monoisotopic (exact) mass is 231 g/mol. The summed E-state index contributed by atoms with van der Waals surface area (Å²) >= 11 is 11.4. The highest BCUT2D eigenvalue weighted by atomic mass is 35.5. The van der Waals surface area contributed by atoms with E-state index in [0.29, 0.717) is 10.6 Å². The summed E-state index contributed by atoms with van der Waals surface area (Å²) in [5, 5.41) is 2.77. The second-order valence-corrected chi connectivity index (χ2v) is 3.45. The summed E-state index contributed by atoms with van der Waals surface area (Å²) in [5.74, 6) is -0.905. The molecular formula is C9H7Cl2NO2. The van der Waals surface area contributed by atoms with Crippen LogP contribution in [0.5, 0.6) is 0 Å². The zero-order chi connectivity index (χ0) is 10.7. The number of hydrogen-bond donors (Lipinski definition) is 1. The van der Waals surface area contributed by atoms with E-state index in [2.05, 4.69) is 5.32 Å². The van der Waals surface area contributed by atoms with Gasteiger partial charge in [-0.05, 0) is 18.2 Å². The van der Waals surface area contributed by atoms with E-state index in [1.165, 1.54) is 25.1 Å². The van der Waals surface area contributed by atoms with Crippen molar-refractivity contribution in [2.45, 2.75) is 6.92 Å². The molecule has 0 fully saturated rings. The third-order valence-corrected chi connectivity index (χ3v) is 2.21. The van der Waals surface area contributed by atoms with Crippen LogP contribution in [-0.4, -0.2) is 11.8 Å². The first-order chi connectivity index (χ1) is 6.50. The average molecular weight is 232 g/mol. The molecule has 0 aliphatic rings. The molecule has 3 nitrogen and oxygen atoms in total. The Balaban J connectivity index is 2.91. The second-order valence-electron chi connectivity index (χ2n) is 2.64. The fraction of sp³-hybridized carbons (Fsp3) is 0.111. The number of hydrogen-bond acceptors (Lipinski definition) is 2. The standard InChI is InChI=1S/C9H7Cl2NO2/c1-5(13)12-9(14)6-2-3-7(10)8(11)4-6/h2-4H,1H3,(H,12,13,14). The minimum Gasteiger partial charge on any atom is -0.293 e. The van der Waals surface area contributed by atoms with Crippen molar-refractivity contribution in [3.63, 3.8) is 0 Å². The molecular weight excluding hydrogens is 225 g/mol. The smallest absolute Gasteiger partial charge is 0.257 e. The number of halogens is 2. The minimum atomic E-state index is -0.490. The molecule has 0 atom stereocenters. The maximum Gasteiger partial charge on any atom is 0.257 e. The van der Waals surface area contributed by atoms with Crippen molar-refractivity contribution in [3.05, 3.63) is 33.8 Å². The largest absolute Gasteiger partial charge is 0.293 e. The number of benzene rings is 1. The van der Waals surface area contributed by atoms with E-state index in [1.54, 1.807) is 0 Å². The molecule has 0 spiro atoms. The first-order valence-electron chi connectivity index (χ1n) is 3.77. The van der Waals surface area contributed by atoms with Crippen molar-refractivity contribution in [2.24, 2.45) is 0 Å². The van der Waals surface area contributed by atoms with Crippen molar-refractivity contribution < 1.29 is 9.59 Å². The predicted octanol–water partition coefficient (Wildman–Crippen LogP) is 2.27. The number of imide groups is 1. The van der Waals surface area contributed by atoms with Crippen LogP contribution in [0.1, 0.15) is 17.3 Å². The Labute approximate surface area is 91.0 Å². The van der Waals surface area contributed by atoms with Crippen LogP contribution < -0.4 is 5.32 Å². The molecule has 1 aromatic carbocycles. The van der Waals surface area contributed by atoms with E-state index in [9.17, 15) is 9.59 Å². The minimum absolute atomic E-state index is 0.280. The van der Waals surface area contributed by atoms with Crippen LogP contribution >= 0.6 is 23.2 Å². The molecule has 0 saturated heterocycles. The first kappa shape index (κ1) is 11.0. The molecule has 2 amide bonds. The van der Waals surface area contributed by atoms with Gasteiger partial charge in [0.2, 0.25) is 5.91 Å². The SMILES string of the molecule is CC(=O)NC(=O)c1ccc(Cl)c(Cl)c1. The third-order valence-electron chi connectivity index (χ3n) is 1.47. The van der Waals surface area contributed by atoms with Gasteiger partial charge in [-0.2, -0.15) is 0 Å². The second kappa shape index (κ2) is 4.44. The summed E-state index contributed by atoms with van der Waals surface area (Å²) in [6.45, 7) is 1.26. The van der Waals surface area contributed by atoms with E-state index in [4.69, 9.17) is 23.2 Å². The molecule has 1 aromatic rings. The van der Waals surface area contributed by atoms with Gasteiger partial charge in [0, 0.05) is 12.5 Å². The van der Waals surface area contributed by atoms with Gasteiger partial charge >= 0.3 is 0 Å². The lowest BCUT2D eigenvalue weighted by molar-refractivity contribution is -0.118. The van der Waals surface area contributed by atoms with E-state index in [-0.39, 0.29) is 5.02 Å². The molecule has 14 heavy (non-hydrogen) atoms. The lowest BCUT2D eigenvalue weighted by atomic mass is 10.2. The molecule has 0 radical (unpaired) electrons. The van der Waals surface area contributed by atoms with Gasteiger partial charge in [0.05, 0.1) is 10.0 Å². The zero-order valence-electron chi connectivity index (χ0n) is 7.30. The lowest BCUT2D eigenvalue weighted by Gasteiger charge is -2.02. The predicted molar refractivity (Wildman–Crippen MR) is 54.6 cm³/mol. The van der Waals surface area contributed by atoms with Gasteiger partial charge in [0.1, 0.15) is 0 Å². The van der Waals surface area contributed by atoms with Gasteiger partial charge in [-0.1, -0.05) is 23.2 Å². The zero-order valence-corrected chi connectivity index (χ0v) is 8.82. The van der Waals surface area contributed by atoms with Crippen molar-refractivity contribution in [1.82, 2.24) is 5.32 Å². The van der Waals surface area contributed by atoms with Gasteiger partial charge in [0.25, 0.3) is 5.91 Å². The van der Waals surface area contributed by atoms with E-state index in [1.807, 2.05) is 0 Å². The maximum atomic E-state index is 11.3. The van der Waals surface area contributed by atoms with Crippen molar-refractivity contribution >= 4 is 35.0 Å². The van der Waals surface area contributed by atoms with Crippen LogP contribution in [0.2, 0.25) is 10.0 Å². The van der Waals surface area contributed by atoms with Gasteiger partial charge in [-0.3, -0.25) is 14.9 Å². The number of carbonyl (C=O) groups excluding carboxylic acids is 2. The Morgan fingerprint density at radius 3 is 2.36 bits per heavy atom. The highest BCUT2D eigenvalue weighted by Crippen LogP contribution is 2.22. The summed E-state index contributed by atoms with van der Waals surface area (Å²) in [7, 11) is 0. The molecule has 0 heterocycles. The maximum absolute atomic E-state index is 11.3. The Kier molecular flexibility index (Phi) is 3.49. The average Bonchev–Trinajstić information content (AvgIpc) is 2.08. The third kappa shape index (κ3) is 2.72. The van der Waals surface area contributed by atoms with Gasteiger partial charge < -0.3 is 0 Å². The molecule has 0 saturated carbocycles. The summed E-state index contributed by atoms with van der Waals surface area (Å²) in [6.07, 6.45) is 0. The quantitative estimate of drug-likeness (QED) is 0.807. The van der Waals surface area contributed by atoms with Crippen molar-refractivity contribution in [2.75, 3.05) is 0 Å². The van der Waals surface area contributed by atoms with Crippen LogP contribution in [0, 0.1) is 0 Å². The molecule has 0 unspecified atom stereocenters. The van der Waals surface area contributed by atoms with Crippen molar-refractivity contribution in [3.8, 4) is 0 Å². The number of nitrogens with one attached hydrogen (secondary N) is 1. The fourth-order valence-corrected chi connectivity index (χ4v) is 1.17. The highest BCUT2D eigenvalue weighted by molar-refractivity contribution is 6.42. The van der Waals surface area contributed by atoms with Gasteiger partial charge in [-0.15, -0.1) is 0 Å². The van der Waals surface area contributed by atoms with E-state index >= 15 is 0 Å². The molecule has 0 aliphatic heterocycles. The Hall–Kier alpha value is -1.06. The molecule has 1 rings (SSSR count). The highest BCUT2D eigenvalue weighted by Gasteiger charge is 2.08. The molecule has 0 aromatic heterocycles. The van der Waals surface area contributed by atoms with Crippen LogP contribution in [-0.2, 0) is 4.79 Å². The summed E-state index contributed by atoms with van der Waals surface area (Å²) in [5.41, 5.74) is 0.301. The van der Waals surface area contributed by atoms with Crippen LogP contribution in [0.4, 0.5) is 0 Å². The molecule has 5 heteroatoms. The Morgan fingerprint density at radius 2 is 1.86 bits per heavy atom. The van der Waals surface area contributed by atoms with Gasteiger partial charge in [-0.25, -0.2) is 0 Å². The number of rotatable bonds is 1. The number of carbonyl (C=O) groups is 2. The normalized spacial score (nSPS) is 9.64. The summed E-state index contributed by atoms with van der Waals surface area (Å²) in [4.78, 5) is 21.9. The topological polar surface area (TPSA) is 46.2 Å². The van der Waals surface area contributed by atoms with E-state index < -0.39 is 11.8 Å². The molecule has 0 aliphatic carbocycles. The van der Waals surface area contributed by atoms with Crippen LogP contribution in [0.3, 0.4) is 0 Å². The fourth-order valence-electron chi connectivity index (χ4n) is 0.869. The molecule has 1 N–H and O–H groups in total. The summed E-state index contributed by atoms with van der Waals surface area (Å²) in [6, 6.07) is 4.40. The Morgan fingerprint density at radius 1 is 1.21 bits per heavy atom. The van der Waals surface area contributed by atoms with Crippen molar-refractivity contribution in [1.29, 1.82) is 0 Å². The molecule has 74 valence electrons. The first-order valence-corrected chi connectivity index (χ1v) is 4.53. The van der Waals surface area contributed by atoms with E-state index in [0.717, 1.165) is 0 Å². The lowest BCUT2D eigenvalue weighted by Crippen LogP contribution is -2.27. The van der Waals surface area contributed by atoms with Crippen LogP contribution in [0.25, 0.3) is 0 Å². The van der Waals surface area contributed by atoms with Gasteiger partial charge in [0.15, 0.2) is 0 Å².